The molecule has 0 amide bonds. The molecule has 1 rings (SSSR count). The molecular formula is C13H20O2. The van der Waals surface area contributed by atoms with Crippen molar-refractivity contribution in [1.29, 1.82) is 0 Å². The molecule has 1 aromatic carbocycles. The Balaban J connectivity index is 2.16. The number of aliphatic hydroxyl groups excluding tert-OH is 2. The lowest BCUT2D eigenvalue weighted by Gasteiger charge is -2.10. The van der Waals surface area contributed by atoms with Crippen LogP contribution in [0.1, 0.15) is 43.8 Å². The highest BCUT2D eigenvalue weighted by molar-refractivity contribution is 5.16. The second-order valence-electron chi connectivity index (χ2n) is 3.85. The zero-order valence-corrected chi connectivity index (χ0v) is 9.10. The normalized spacial score (nSPS) is 12.7. The molecule has 1 aromatic rings. The second-order valence-corrected chi connectivity index (χ2v) is 3.85. The molecule has 2 heteroatoms. The van der Waals surface area contributed by atoms with Gasteiger partial charge in [-0.2, -0.15) is 0 Å². The maximum absolute atomic E-state index is 9.83. The summed E-state index contributed by atoms with van der Waals surface area (Å²) in [5.41, 5.74) is 1.000. The summed E-state index contributed by atoms with van der Waals surface area (Å²) in [6.45, 7) is 0.279. The van der Waals surface area contributed by atoms with Gasteiger partial charge >= 0.3 is 0 Å². The van der Waals surface area contributed by atoms with Crippen LogP contribution in [-0.4, -0.2) is 16.8 Å². The monoisotopic (exact) mass is 208 g/mol. The zero-order chi connectivity index (χ0) is 10.9. The first-order valence-corrected chi connectivity index (χ1v) is 5.68. The van der Waals surface area contributed by atoms with Crippen molar-refractivity contribution in [2.75, 3.05) is 6.61 Å². The van der Waals surface area contributed by atoms with E-state index < -0.39 is 0 Å². The van der Waals surface area contributed by atoms with E-state index in [1.165, 1.54) is 0 Å². The Morgan fingerprint density at radius 1 is 0.933 bits per heavy atom. The van der Waals surface area contributed by atoms with E-state index in [1.807, 2.05) is 30.3 Å². The van der Waals surface area contributed by atoms with Crippen LogP contribution in [0.3, 0.4) is 0 Å². The summed E-state index contributed by atoms with van der Waals surface area (Å²) in [6.07, 6.45) is 4.52. The Morgan fingerprint density at radius 3 is 2.27 bits per heavy atom. The van der Waals surface area contributed by atoms with Crippen molar-refractivity contribution in [2.24, 2.45) is 0 Å². The van der Waals surface area contributed by atoms with Crippen LogP contribution in [0, 0.1) is 0 Å². The Kier molecular flexibility index (Phi) is 6.05. The molecule has 0 aliphatic heterocycles. The zero-order valence-electron chi connectivity index (χ0n) is 9.10. The standard InChI is InChI=1S/C13H20O2/c14-11-7-2-1-6-10-13(15)12-8-4-3-5-9-12/h3-5,8-9,13-15H,1-2,6-7,10-11H2/t13-/m0/s1. The lowest BCUT2D eigenvalue weighted by molar-refractivity contribution is 0.163. The van der Waals surface area contributed by atoms with Gasteiger partial charge in [0, 0.05) is 6.61 Å². The minimum atomic E-state index is -0.333. The number of hydrogen-bond acceptors (Lipinski definition) is 2. The van der Waals surface area contributed by atoms with Crippen molar-refractivity contribution < 1.29 is 10.2 Å². The van der Waals surface area contributed by atoms with Crippen LogP contribution >= 0.6 is 0 Å². The predicted octanol–water partition coefficient (Wildman–Crippen LogP) is 2.66. The number of rotatable bonds is 7. The summed E-state index contributed by atoms with van der Waals surface area (Å²) >= 11 is 0. The molecule has 0 unspecified atom stereocenters. The molecule has 0 bridgehead atoms. The topological polar surface area (TPSA) is 40.5 Å². The fourth-order valence-corrected chi connectivity index (χ4v) is 1.64. The lowest BCUT2D eigenvalue weighted by atomic mass is 10.0. The highest BCUT2D eigenvalue weighted by Crippen LogP contribution is 2.19. The molecule has 15 heavy (non-hydrogen) atoms. The first kappa shape index (κ1) is 12.2. The Bertz CT molecular complexity index is 246. The van der Waals surface area contributed by atoms with Gasteiger partial charge in [0.05, 0.1) is 6.10 Å². The first-order valence-electron chi connectivity index (χ1n) is 5.68. The largest absolute Gasteiger partial charge is 0.396 e. The smallest absolute Gasteiger partial charge is 0.0790 e. The first-order chi connectivity index (χ1) is 7.34. The van der Waals surface area contributed by atoms with Gasteiger partial charge in [-0.1, -0.05) is 49.6 Å². The molecule has 0 aromatic heterocycles. The van der Waals surface area contributed by atoms with Crippen LogP contribution in [0.25, 0.3) is 0 Å². The molecule has 1 atom stereocenters. The molecule has 0 aliphatic carbocycles. The van der Waals surface area contributed by atoms with Crippen molar-refractivity contribution >= 4 is 0 Å². The second kappa shape index (κ2) is 7.43. The number of aliphatic hydroxyl groups is 2. The van der Waals surface area contributed by atoms with Gasteiger partial charge in [0.1, 0.15) is 0 Å². The van der Waals surface area contributed by atoms with Crippen LogP contribution in [-0.2, 0) is 0 Å². The van der Waals surface area contributed by atoms with Crippen LogP contribution in [0.2, 0.25) is 0 Å². The molecule has 0 saturated heterocycles. The third-order valence-corrected chi connectivity index (χ3v) is 2.57. The summed E-state index contributed by atoms with van der Waals surface area (Å²) in [6, 6.07) is 9.77. The summed E-state index contributed by atoms with van der Waals surface area (Å²) in [7, 11) is 0. The van der Waals surface area contributed by atoms with Gasteiger partial charge in [0.25, 0.3) is 0 Å². The highest BCUT2D eigenvalue weighted by Gasteiger charge is 2.05. The molecule has 0 radical (unpaired) electrons. The third kappa shape index (κ3) is 4.96. The highest BCUT2D eigenvalue weighted by atomic mass is 16.3. The van der Waals surface area contributed by atoms with Gasteiger partial charge in [-0.25, -0.2) is 0 Å². The maximum atomic E-state index is 9.83. The molecule has 0 fully saturated rings. The molecule has 0 heterocycles. The summed E-state index contributed by atoms with van der Waals surface area (Å²) < 4.78 is 0. The number of hydrogen-bond donors (Lipinski definition) is 2. The van der Waals surface area contributed by atoms with Crippen LogP contribution in [0.15, 0.2) is 30.3 Å². The van der Waals surface area contributed by atoms with E-state index in [0.717, 1.165) is 37.7 Å². The van der Waals surface area contributed by atoms with Gasteiger partial charge in [-0.05, 0) is 18.4 Å². The van der Waals surface area contributed by atoms with Crippen LogP contribution in [0.5, 0.6) is 0 Å². The van der Waals surface area contributed by atoms with Gasteiger partial charge in [0.2, 0.25) is 0 Å². The average Bonchev–Trinajstić information content (AvgIpc) is 2.30. The molecule has 84 valence electrons. The number of unbranched alkanes of at least 4 members (excludes halogenated alkanes) is 3. The minimum absolute atomic E-state index is 0.279. The van der Waals surface area contributed by atoms with Crippen molar-refractivity contribution in [3.05, 3.63) is 35.9 Å². The van der Waals surface area contributed by atoms with Crippen molar-refractivity contribution in [3.8, 4) is 0 Å². The van der Waals surface area contributed by atoms with E-state index in [9.17, 15) is 5.11 Å². The van der Waals surface area contributed by atoms with Crippen molar-refractivity contribution in [1.82, 2.24) is 0 Å². The Morgan fingerprint density at radius 2 is 1.60 bits per heavy atom. The van der Waals surface area contributed by atoms with Crippen LogP contribution < -0.4 is 0 Å². The molecule has 0 aliphatic rings. The fourth-order valence-electron chi connectivity index (χ4n) is 1.64. The van der Waals surface area contributed by atoms with E-state index in [-0.39, 0.29) is 12.7 Å². The molecule has 0 spiro atoms. The van der Waals surface area contributed by atoms with E-state index >= 15 is 0 Å². The van der Waals surface area contributed by atoms with E-state index in [1.54, 1.807) is 0 Å². The maximum Gasteiger partial charge on any atom is 0.0790 e. The fraction of sp³-hybridized carbons (Fsp3) is 0.538. The summed E-state index contributed by atoms with van der Waals surface area (Å²) in [5, 5.41) is 18.4. The molecule has 0 saturated carbocycles. The Hall–Kier alpha value is -0.860. The average molecular weight is 208 g/mol. The number of benzene rings is 1. The SMILES string of the molecule is OCCCCCC[C@H](O)c1ccccc1. The minimum Gasteiger partial charge on any atom is -0.396 e. The van der Waals surface area contributed by atoms with Gasteiger partial charge in [-0.15, -0.1) is 0 Å². The summed E-state index contributed by atoms with van der Waals surface area (Å²) in [4.78, 5) is 0. The van der Waals surface area contributed by atoms with E-state index in [0.29, 0.717) is 0 Å². The third-order valence-electron chi connectivity index (χ3n) is 2.57. The van der Waals surface area contributed by atoms with Crippen molar-refractivity contribution in [2.45, 2.75) is 38.2 Å². The van der Waals surface area contributed by atoms with Gasteiger partial charge < -0.3 is 10.2 Å². The molecular weight excluding hydrogens is 188 g/mol. The summed E-state index contributed by atoms with van der Waals surface area (Å²) in [5.74, 6) is 0. The predicted molar refractivity (Wildman–Crippen MR) is 61.6 cm³/mol. The van der Waals surface area contributed by atoms with E-state index in [2.05, 4.69) is 0 Å². The molecule has 2 N–H and O–H groups in total. The quantitative estimate of drug-likeness (QED) is 0.676. The van der Waals surface area contributed by atoms with Crippen molar-refractivity contribution in [3.63, 3.8) is 0 Å². The lowest BCUT2D eigenvalue weighted by Crippen LogP contribution is -1.97. The van der Waals surface area contributed by atoms with Gasteiger partial charge in [0.15, 0.2) is 0 Å². The molecule has 2 nitrogen and oxygen atoms in total. The van der Waals surface area contributed by atoms with Gasteiger partial charge in [-0.3, -0.25) is 0 Å². The van der Waals surface area contributed by atoms with E-state index in [4.69, 9.17) is 5.11 Å². The Labute approximate surface area is 91.6 Å². The van der Waals surface area contributed by atoms with Crippen LogP contribution in [0.4, 0.5) is 0 Å².